The molecule has 4 heteroatoms. The van der Waals surface area contributed by atoms with Crippen molar-refractivity contribution >= 4 is 15.9 Å². The Kier molecular flexibility index (Phi) is 3.74. The fraction of sp³-hybridized carbons (Fsp3) is 0.154. The van der Waals surface area contributed by atoms with Crippen LogP contribution in [0.2, 0.25) is 0 Å². The number of aromatic nitrogens is 1. The summed E-state index contributed by atoms with van der Waals surface area (Å²) >= 11 is 3.36. The maximum atomic E-state index is 13.0. The third-order valence-corrected chi connectivity index (χ3v) is 2.90. The lowest BCUT2D eigenvalue weighted by Crippen LogP contribution is -1.93. The Hall–Kier alpha value is -1.42. The number of rotatable bonds is 3. The van der Waals surface area contributed by atoms with Crippen molar-refractivity contribution in [1.29, 1.82) is 0 Å². The van der Waals surface area contributed by atoms with Crippen molar-refractivity contribution in [2.24, 2.45) is 0 Å². The first-order valence-electron chi connectivity index (χ1n) is 5.14. The molecule has 0 spiro atoms. The molecule has 0 N–H and O–H groups in total. The van der Waals surface area contributed by atoms with Crippen LogP contribution in [-0.2, 0) is 5.33 Å². The van der Waals surface area contributed by atoms with Crippen LogP contribution in [0.4, 0.5) is 4.39 Å². The molecule has 0 bridgehead atoms. The molecule has 2 rings (SSSR count). The number of alkyl halides is 1. The van der Waals surface area contributed by atoms with Crippen LogP contribution in [0.25, 0.3) is 0 Å². The summed E-state index contributed by atoms with van der Waals surface area (Å²) in [5.41, 5.74) is 2.00. The van der Waals surface area contributed by atoms with Crippen LogP contribution < -0.4 is 4.74 Å². The quantitative estimate of drug-likeness (QED) is 0.791. The fourth-order valence-electron chi connectivity index (χ4n) is 1.44. The Labute approximate surface area is 108 Å². The van der Waals surface area contributed by atoms with Crippen molar-refractivity contribution in [3.63, 3.8) is 0 Å². The van der Waals surface area contributed by atoms with Crippen LogP contribution in [0.1, 0.15) is 11.1 Å². The van der Waals surface area contributed by atoms with Gasteiger partial charge in [0.25, 0.3) is 0 Å². The molecule has 0 atom stereocenters. The van der Waals surface area contributed by atoms with Gasteiger partial charge in [0, 0.05) is 23.2 Å². The maximum Gasteiger partial charge on any atom is 0.222 e. The van der Waals surface area contributed by atoms with Crippen LogP contribution in [0.15, 0.2) is 36.5 Å². The van der Waals surface area contributed by atoms with E-state index >= 15 is 0 Å². The normalized spacial score (nSPS) is 10.3. The van der Waals surface area contributed by atoms with E-state index in [-0.39, 0.29) is 5.82 Å². The molecular weight excluding hydrogens is 285 g/mol. The Morgan fingerprint density at radius 1 is 1.35 bits per heavy atom. The molecule has 1 aromatic carbocycles. The third-order valence-electron chi connectivity index (χ3n) is 2.25. The van der Waals surface area contributed by atoms with Crippen molar-refractivity contribution in [3.05, 3.63) is 53.5 Å². The number of hydrogen-bond acceptors (Lipinski definition) is 2. The van der Waals surface area contributed by atoms with Gasteiger partial charge in [-0.05, 0) is 30.7 Å². The summed E-state index contributed by atoms with van der Waals surface area (Å²) in [5, 5.41) is 0.751. The van der Waals surface area contributed by atoms with Crippen LogP contribution in [0, 0.1) is 12.7 Å². The molecule has 0 aliphatic heterocycles. The second-order valence-electron chi connectivity index (χ2n) is 3.66. The number of hydrogen-bond donors (Lipinski definition) is 0. The lowest BCUT2D eigenvalue weighted by molar-refractivity contribution is 0.454. The molecule has 1 heterocycles. The zero-order chi connectivity index (χ0) is 12.3. The minimum absolute atomic E-state index is 0.322. The monoisotopic (exact) mass is 295 g/mol. The van der Waals surface area contributed by atoms with Crippen molar-refractivity contribution in [2.75, 3.05) is 0 Å². The molecule has 1 aromatic heterocycles. The summed E-state index contributed by atoms with van der Waals surface area (Å²) in [6.07, 6.45) is 1.73. The van der Waals surface area contributed by atoms with Gasteiger partial charge in [-0.25, -0.2) is 9.37 Å². The van der Waals surface area contributed by atoms with E-state index in [1.54, 1.807) is 18.3 Å². The molecule has 0 aliphatic carbocycles. The number of ether oxygens (including phenoxy) is 1. The Bertz CT molecular complexity index is 531. The largest absolute Gasteiger partial charge is 0.439 e. The van der Waals surface area contributed by atoms with E-state index in [1.807, 2.05) is 13.0 Å². The maximum absolute atomic E-state index is 13.0. The second kappa shape index (κ2) is 5.27. The van der Waals surface area contributed by atoms with E-state index in [2.05, 4.69) is 20.9 Å². The topological polar surface area (TPSA) is 22.1 Å². The van der Waals surface area contributed by atoms with Gasteiger partial charge in [-0.3, -0.25) is 0 Å². The first-order valence-corrected chi connectivity index (χ1v) is 6.26. The summed E-state index contributed by atoms with van der Waals surface area (Å²) in [6.45, 7) is 1.91. The molecule has 2 nitrogen and oxygen atoms in total. The highest BCUT2D eigenvalue weighted by Crippen LogP contribution is 2.24. The Morgan fingerprint density at radius 2 is 2.18 bits per heavy atom. The van der Waals surface area contributed by atoms with Crippen LogP contribution in [0.3, 0.4) is 0 Å². The molecule has 0 amide bonds. The molecule has 0 saturated heterocycles. The standard InChI is InChI=1S/C13H11BrFNO/c1-9-5-10(7-14)8-16-13(9)17-12-4-2-3-11(15)6-12/h2-6,8H,7H2,1H3. The van der Waals surface area contributed by atoms with Gasteiger partial charge in [0.2, 0.25) is 5.88 Å². The summed E-state index contributed by atoms with van der Waals surface area (Å²) in [6, 6.07) is 7.99. The van der Waals surface area contributed by atoms with Gasteiger partial charge in [0.15, 0.2) is 0 Å². The molecule has 2 aromatic rings. The second-order valence-corrected chi connectivity index (χ2v) is 4.22. The number of nitrogens with zero attached hydrogens (tertiary/aromatic N) is 1. The summed E-state index contributed by atoms with van der Waals surface area (Å²) < 4.78 is 18.5. The highest BCUT2D eigenvalue weighted by molar-refractivity contribution is 9.08. The smallest absolute Gasteiger partial charge is 0.222 e. The van der Waals surface area contributed by atoms with Crippen LogP contribution >= 0.6 is 15.9 Å². The first kappa shape index (κ1) is 12.0. The number of pyridine rings is 1. The van der Waals surface area contributed by atoms with Crippen LogP contribution in [0.5, 0.6) is 11.6 Å². The van der Waals surface area contributed by atoms with E-state index in [0.717, 1.165) is 16.5 Å². The van der Waals surface area contributed by atoms with Gasteiger partial charge in [0.1, 0.15) is 11.6 Å². The molecule has 88 valence electrons. The highest BCUT2D eigenvalue weighted by Gasteiger charge is 2.04. The zero-order valence-corrected chi connectivity index (χ0v) is 10.9. The van der Waals surface area contributed by atoms with E-state index in [9.17, 15) is 4.39 Å². The molecule has 17 heavy (non-hydrogen) atoms. The predicted molar refractivity (Wildman–Crippen MR) is 68.1 cm³/mol. The number of benzene rings is 1. The summed E-state index contributed by atoms with van der Waals surface area (Å²) in [5.74, 6) is 0.629. The molecule has 0 aliphatic rings. The van der Waals surface area contributed by atoms with Gasteiger partial charge in [-0.1, -0.05) is 22.0 Å². The number of halogens is 2. The number of aryl methyl sites for hydroxylation is 1. The zero-order valence-electron chi connectivity index (χ0n) is 9.28. The molecular formula is C13H11BrFNO. The predicted octanol–water partition coefficient (Wildman–Crippen LogP) is 4.22. The Balaban J connectivity index is 2.24. The van der Waals surface area contributed by atoms with Gasteiger partial charge in [-0.2, -0.15) is 0 Å². The van der Waals surface area contributed by atoms with Crippen molar-refractivity contribution in [3.8, 4) is 11.6 Å². The fourth-order valence-corrected chi connectivity index (χ4v) is 1.75. The van der Waals surface area contributed by atoms with Crippen molar-refractivity contribution in [1.82, 2.24) is 4.98 Å². The van der Waals surface area contributed by atoms with Gasteiger partial charge < -0.3 is 4.74 Å². The summed E-state index contributed by atoms with van der Waals surface area (Å²) in [4.78, 5) is 4.20. The minimum Gasteiger partial charge on any atom is -0.439 e. The van der Waals surface area contributed by atoms with Crippen LogP contribution in [-0.4, -0.2) is 4.98 Å². The lowest BCUT2D eigenvalue weighted by atomic mass is 10.2. The van der Waals surface area contributed by atoms with E-state index in [4.69, 9.17) is 4.74 Å². The van der Waals surface area contributed by atoms with Crippen molar-refractivity contribution in [2.45, 2.75) is 12.3 Å². The van der Waals surface area contributed by atoms with Gasteiger partial charge in [-0.15, -0.1) is 0 Å². The SMILES string of the molecule is Cc1cc(CBr)cnc1Oc1cccc(F)c1. The minimum atomic E-state index is -0.322. The van der Waals surface area contributed by atoms with Crippen molar-refractivity contribution < 1.29 is 9.13 Å². The molecule has 0 radical (unpaired) electrons. The third kappa shape index (κ3) is 3.03. The average Bonchev–Trinajstić information content (AvgIpc) is 2.32. The van der Waals surface area contributed by atoms with E-state index in [1.165, 1.54) is 12.1 Å². The molecule has 0 unspecified atom stereocenters. The molecule has 0 saturated carbocycles. The molecule has 0 fully saturated rings. The first-order chi connectivity index (χ1) is 8.19. The van der Waals surface area contributed by atoms with Gasteiger partial charge >= 0.3 is 0 Å². The average molecular weight is 296 g/mol. The summed E-state index contributed by atoms with van der Waals surface area (Å²) in [7, 11) is 0. The Morgan fingerprint density at radius 3 is 2.82 bits per heavy atom. The van der Waals surface area contributed by atoms with Gasteiger partial charge in [0.05, 0.1) is 0 Å². The van der Waals surface area contributed by atoms with E-state index in [0.29, 0.717) is 11.6 Å². The highest BCUT2D eigenvalue weighted by atomic mass is 79.9. The van der Waals surface area contributed by atoms with E-state index < -0.39 is 0 Å². The lowest BCUT2D eigenvalue weighted by Gasteiger charge is -2.08.